The molecule has 0 radical (unpaired) electrons. The van der Waals surface area contributed by atoms with Crippen LogP contribution < -0.4 is 5.73 Å². The number of hydrogen-bond donors (Lipinski definition) is 1. The highest BCUT2D eigenvalue weighted by Crippen LogP contribution is 2.20. The SMILES string of the molecule is CCN(C(=O)CN(C)CCCN)C1=CCCCC1. The summed E-state index contributed by atoms with van der Waals surface area (Å²) in [5.41, 5.74) is 6.70. The summed E-state index contributed by atoms with van der Waals surface area (Å²) in [5.74, 6) is 0.213. The Kier molecular flexibility index (Phi) is 6.98. The van der Waals surface area contributed by atoms with E-state index in [0.717, 1.165) is 32.4 Å². The van der Waals surface area contributed by atoms with Gasteiger partial charge in [0.2, 0.25) is 5.91 Å². The van der Waals surface area contributed by atoms with Crippen LogP contribution in [0.5, 0.6) is 0 Å². The van der Waals surface area contributed by atoms with E-state index in [1.54, 1.807) is 0 Å². The van der Waals surface area contributed by atoms with Gasteiger partial charge in [0.15, 0.2) is 0 Å². The van der Waals surface area contributed by atoms with Gasteiger partial charge in [0.05, 0.1) is 6.54 Å². The van der Waals surface area contributed by atoms with Crippen molar-refractivity contribution in [2.24, 2.45) is 5.73 Å². The van der Waals surface area contributed by atoms with Gasteiger partial charge in [0, 0.05) is 12.2 Å². The van der Waals surface area contributed by atoms with Gasteiger partial charge in [-0.3, -0.25) is 9.69 Å². The minimum absolute atomic E-state index is 0.213. The van der Waals surface area contributed by atoms with E-state index in [4.69, 9.17) is 5.73 Å². The van der Waals surface area contributed by atoms with Crippen LogP contribution in [0.3, 0.4) is 0 Å². The first-order valence-electron chi connectivity index (χ1n) is 7.07. The molecule has 1 amide bonds. The highest BCUT2D eigenvalue weighted by Gasteiger charge is 2.18. The molecule has 0 aliphatic heterocycles. The van der Waals surface area contributed by atoms with Crippen molar-refractivity contribution < 1.29 is 4.79 Å². The Balaban J connectivity index is 2.48. The summed E-state index contributed by atoms with van der Waals surface area (Å²) in [6, 6.07) is 0. The molecule has 0 bridgehead atoms. The van der Waals surface area contributed by atoms with Crippen LogP contribution in [0.2, 0.25) is 0 Å². The molecule has 0 aromatic rings. The van der Waals surface area contributed by atoms with Gasteiger partial charge in [-0.2, -0.15) is 0 Å². The average molecular weight is 253 g/mol. The van der Waals surface area contributed by atoms with Gasteiger partial charge in [0.25, 0.3) is 0 Å². The highest BCUT2D eigenvalue weighted by molar-refractivity contribution is 5.80. The summed E-state index contributed by atoms with van der Waals surface area (Å²) in [6.07, 6.45) is 7.79. The minimum atomic E-state index is 0.213. The Bertz CT molecular complexity index is 289. The summed E-state index contributed by atoms with van der Waals surface area (Å²) >= 11 is 0. The number of nitrogens with two attached hydrogens (primary N) is 1. The lowest BCUT2D eigenvalue weighted by Crippen LogP contribution is -2.39. The first-order chi connectivity index (χ1) is 8.69. The van der Waals surface area contributed by atoms with Crippen LogP contribution in [0.1, 0.15) is 39.0 Å². The van der Waals surface area contributed by atoms with E-state index in [1.165, 1.54) is 18.5 Å². The number of carbonyl (C=O) groups excluding carboxylic acids is 1. The summed E-state index contributed by atoms with van der Waals surface area (Å²) in [5, 5.41) is 0. The molecule has 4 nitrogen and oxygen atoms in total. The van der Waals surface area contributed by atoms with Crippen molar-refractivity contribution in [3.8, 4) is 0 Å². The van der Waals surface area contributed by atoms with Gasteiger partial charge in [0.1, 0.15) is 0 Å². The third-order valence-electron chi connectivity index (χ3n) is 3.38. The second-order valence-corrected chi connectivity index (χ2v) is 4.96. The first-order valence-corrected chi connectivity index (χ1v) is 7.07. The highest BCUT2D eigenvalue weighted by atomic mass is 16.2. The van der Waals surface area contributed by atoms with E-state index >= 15 is 0 Å². The number of allylic oxidation sites excluding steroid dienone is 2. The number of hydrogen-bond acceptors (Lipinski definition) is 3. The fourth-order valence-electron chi connectivity index (χ4n) is 2.36. The van der Waals surface area contributed by atoms with E-state index in [-0.39, 0.29) is 5.91 Å². The number of nitrogens with zero attached hydrogens (tertiary/aromatic N) is 2. The Morgan fingerprint density at radius 2 is 2.22 bits per heavy atom. The second kappa shape index (κ2) is 8.27. The van der Waals surface area contributed by atoms with Crippen molar-refractivity contribution in [2.75, 3.05) is 33.2 Å². The minimum Gasteiger partial charge on any atom is -0.330 e. The third-order valence-corrected chi connectivity index (χ3v) is 3.38. The molecule has 1 rings (SSSR count). The van der Waals surface area contributed by atoms with Crippen LogP contribution in [-0.4, -0.2) is 48.9 Å². The van der Waals surface area contributed by atoms with E-state index < -0.39 is 0 Å². The maximum atomic E-state index is 12.3. The summed E-state index contributed by atoms with van der Waals surface area (Å²) in [7, 11) is 1.98. The molecule has 2 N–H and O–H groups in total. The Morgan fingerprint density at radius 1 is 1.44 bits per heavy atom. The van der Waals surface area contributed by atoms with Crippen LogP contribution in [0.15, 0.2) is 11.8 Å². The zero-order valence-corrected chi connectivity index (χ0v) is 11.8. The Labute approximate surface area is 111 Å². The first kappa shape index (κ1) is 15.2. The molecule has 0 heterocycles. The normalized spacial score (nSPS) is 15.7. The van der Waals surface area contributed by atoms with Crippen molar-refractivity contribution in [1.29, 1.82) is 0 Å². The average Bonchev–Trinajstić information content (AvgIpc) is 2.38. The predicted molar refractivity (Wildman–Crippen MR) is 75.1 cm³/mol. The topological polar surface area (TPSA) is 49.6 Å². The van der Waals surface area contributed by atoms with Crippen molar-refractivity contribution >= 4 is 5.91 Å². The molecule has 0 saturated carbocycles. The molecule has 0 unspecified atom stereocenters. The molecule has 0 atom stereocenters. The summed E-state index contributed by atoms with van der Waals surface area (Å²) in [4.78, 5) is 16.3. The van der Waals surface area contributed by atoms with Crippen LogP contribution in [0.4, 0.5) is 0 Å². The molecule has 1 aliphatic rings. The number of rotatable bonds is 7. The monoisotopic (exact) mass is 253 g/mol. The molecule has 4 heteroatoms. The smallest absolute Gasteiger partial charge is 0.240 e. The molecule has 1 aliphatic carbocycles. The maximum absolute atomic E-state index is 12.3. The van der Waals surface area contributed by atoms with Gasteiger partial charge >= 0.3 is 0 Å². The molecular formula is C14H27N3O. The molecule has 0 spiro atoms. The molecule has 0 saturated heterocycles. The molecule has 0 aromatic carbocycles. The number of likely N-dealkylation sites (N-methyl/N-ethyl adjacent to an activating group) is 2. The standard InChI is InChI=1S/C14H27N3O/c1-3-17(13-8-5-4-6-9-13)14(18)12-16(2)11-7-10-15/h8H,3-7,9-12,15H2,1-2H3. The van der Waals surface area contributed by atoms with Crippen LogP contribution in [0, 0.1) is 0 Å². The van der Waals surface area contributed by atoms with E-state index in [0.29, 0.717) is 13.1 Å². The molecule has 0 fully saturated rings. The van der Waals surface area contributed by atoms with Crippen molar-refractivity contribution in [3.05, 3.63) is 11.8 Å². The Hall–Kier alpha value is -0.870. The van der Waals surface area contributed by atoms with Crippen molar-refractivity contribution in [1.82, 2.24) is 9.80 Å². The van der Waals surface area contributed by atoms with Gasteiger partial charge in [-0.1, -0.05) is 6.08 Å². The summed E-state index contributed by atoms with van der Waals surface area (Å²) < 4.78 is 0. The lowest BCUT2D eigenvalue weighted by molar-refractivity contribution is -0.130. The lowest BCUT2D eigenvalue weighted by Gasteiger charge is -2.28. The fourth-order valence-corrected chi connectivity index (χ4v) is 2.36. The van der Waals surface area contributed by atoms with Gasteiger partial charge < -0.3 is 10.6 Å². The molecular weight excluding hydrogens is 226 g/mol. The predicted octanol–water partition coefficient (Wildman–Crippen LogP) is 1.57. The maximum Gasteiger partial charge on any atom is 0.240 e. The fraction of sp³-hybridized carbons (Fsp3) is 0.786. The van der Waals surface area contributed by atoms with Gasteiger partial charge in [-0.25, -0.2) is 0 Å². The van der Waals surface area contributed by atoms with Gasteiger partial charge in [-0.15, -0.1) is 0 Å². The van der Waals surface area contributed by atoms with Crippen molar-refractivity contribution in [2.45, 2.75) is 39.0 Å². The molecule has 104 valence electrons. The lowest BCUT2D eigenvalue weighted by atomic mass is 10.0. The third kappa shape index (κ3) is 4.78. The zero-order valence-electron chi connectivity index (χ0n) is 11.8. The van der Waals surface area contributed by atoms with Crippen LogP contribution in [0.25, 0.3) is 0 Å². The number of carbonyl (C=O) groups is 1. The Morgan fingerprint density at radius 3 is 2.78 bits per heavy atom. The molecule has 18 heavy (non-hydrogen) atoms. The van der Waals surface area contributed by atoms with E-state index in [9.17, 15) is 4.79 Å². The number of amides is 1. The van der Waals surface area contributed by atoms with E-state index in [2.05, 4.69) is 11.0 Å². The van der Waals surface area contributed by atoms with Crippen LogP contribution >= 0.6 is 0 Å². The van der Waals surface area contributed by atoms with E-state index in [1.807, 2.05) is 18.9 Å². The second-order valence-electron chi connectivity index (χ2n) is 4.96. The van der Waals surface area contributed by atoms with Crippen molar-refractivity contribution in [3.63, 3.8) is 0 Å². The largest absolute Gasteiger partial charge is 0.330 e. The summed E-state index contributed by atoms with van der Waals surface area (Å²) in [6.45, 7) is 4.88. The van der Waals surface area contributed by atoms with Crippen LogP contribution in [-0.2, 0) is 4.79 Å². The molecule has 0 aromatic heterocycles. The quantitative estimate of drug-likeness (QED) is 0.749. The zero-order chi connectivity index (χ0) is 13.4. The van der Waals surface area contributed by atoms with Gasteiger partial charge in [-0.05, 0) is 59.2 Å².